The number of carbonyl (C=O) groups is 2. The van der Waals surface area contributed by atoms with Crippen LogP contribution in [0.4, 0.5) is 4.39 Å². The smallest absolute Gasteiger partial charge is 0.227 e. The van der Waals surface area contributed by atoms with E-state index in [4.69, 9.17) is 0 Å². The number of ketones is 1. The lowest BCUT2D eigenvalue weighted by molar-refractivity contribution is -0.132. The first kappa shape index (κ1) is 13.7. The van der Waals surface area contributed by atoms with Gasteiger partial charge in [-0.3, -0.25) is 9.59 Å². The molecule has 0 radical (unpaired) electrons. The number of carbonyl (C=O) groups excluding carboxylic acids is 2. The normalized spacial score (nSPS) is 18.6. The van der Waals surface area contributed by atoms with Crippen LogP contribution in [0.15, 0.2) is 24.3 Å². The third-order valence-electron chi connectivity index (χ3n) is 3.49. The van der Waals surface area contributed by atoms with Crippen LogP contribution in [0.2, 0.25) is 0 Å². The lowest BCUT2D eigenvalue weighted by Crippen LogP contribution is -2.37. The van der Waals surface area contributed by atoms with Gasteiger partial charge in [0.15, 0.2) is 0 Å². The highest BCUT2D eigenvalue weighted by Crippen LogP contribution is 2.21. The lowest BCUT2D eigenvalue weighted by Gasteiger charge is -2.24. The zero-order chi connectivity index (χ0) is 13.8. The number of halogens is 1. The van der Waals surface area contributed by atoms with Crippen LogP contribution in [0.1, 0.15) is 31.7 Å². The molecule has 19 heavy (non-hydrogen) atoms. The summed E-state index contributed by atoms with van der Waals surface area (Å²) in [5.74, 6) is -0.159. The Hall–Kier alpha value is -1.71. The maximum atomic E-state index is 12.8. The minimum Gasteiger partial charge on any atom is -0.339 e. The van der Waals surface area contributed by atoms with E-state index in [9.17, 15) is 14.0 Å². The van der Waals surface area contributed by atoms with Crippen LogP contribution in [-0.4, -0.2) is 29.2 Å². The fraction of sp³-hybridized carbons (Fsp3) is 0.467. The summed E-state index contributed by atoms with van der Waals surface area (Å²) in [6.07, 6.45) is 2.56. The number of likely N-dealkylation sites (tertiary alicyclic amines) is 1. The van der Waals surface area contributed by atoms with Crippen LogP contribution >= 0.6 is 0 Å². The van der Waals surface area contributed by atoms with Gasteiger partial charge in [0.25, 0.3) is 0 Å². The van der Waals surface area contributed by atoms with Crippen molar-refractivity contribution in [2.75, 3.05) is 6.54 Å². The lowest BCUT2D eigenvalue weighted by atomic mass is 10.1. The average Bonchev–Trinajstić information content (AvgIpc) is 2.79. The largest absolute Gasteiger partial charge is 0.339 e. The van der Waals surface area contributed by atoms with Crippen molar-refractivity contribution in [3.05, 3.63) is 35.6 Å². The second kappa shape index (κ2) is 5.95. The minimum absolute atomic E-state index is 0.0235. The van der Waals surface area contributed by atoms with E-state index in [0.717, 1.165) is 24.9 Å². The number of hydrogen-bond acceptors (Lipinski definition) is 2. The maximum Gasteiger partial charge on any atom is 0.227 e. The molecule has 0 bridgehead atoms. The van der Waals surface area contributed by atoms with Crippen molar-refractivity contribution in [1.82, 2.24) is 4.90 Å². The fourth-order valence-electron chi connectivity index (χ4n) is 2.59. The Kier molecular flexibility index (Phi) is 4.30. The Morgan fingerprint density at radius 2 is 2.00 bits per heavy atom. The van der Waals surface area contributed by atoms with Crippen molar-refractivity contribution < 1.29 is 14.0 Å². The first-order chi connectivity index (χ1) is 9.06. The number of nitrogens with zero attached hydrogens (tertiary/aromatic N) is 1. The summed E-state index contributed by atoms with van der Waals surface area (Å²) in [5.41, 5.74) is 0.805. The van der Waals surface area contributed by atoms with Gasteiger partial charge in [0, 0.05) is 19.0 Å². The highest BCUT2D eigenvalue weighted by molar-refractivity contribution is 5.81. The molecule has 1 aliphatic heterocycles. The molecule has 0 saturated carbocycles. The van der Waals surface area contributed by atoms with Crippen molar-refractivity contribution in [3.8, 4) is 0 Å². The van der Waals surface area contributed by atoms with Gasteiger partial charge in [0.1, 0.15) is 11.6 Å². The van der Waals surface area contributed by atoms with Crippen LogP contribution in [0.3, 0.4) is 0 Å². The van der Waals surface area contributed by atoms with E-state index in [-0.39, 0.29) is 30.0 Å². The van der Waals surface area contributed by atoms with Gasteiger partial charge in [-0.25, -0.2) is 4.39 Å². The molecule has 1 aliphatic rings. The Balaban J connectivity index is 1.98. The molecule has 1 aromatic carbocycles. The van der Waals surface area contributed by atoms with E-state index in [1.54, 1.807) is 24.0 Å². The number of Topliss-reactive ketones (excluding diaryl/α,β-unsaturated/α-hetero) is 1. The summed E-state index contributed by atoms with van der Waals surface area (Å²) < 4.78 is 12.8. The second-order valence-electron chi connectivity index (χ2n) is 5.09. The van der Waals surface area contributed by atoms with E-state index < -0.39 is 0 Å². The zero-order valence-corrected chi connectivity index (χ0v) is 11.1. The van der Waals surface area contributed by atoms with Gasteiger partial charge >= 0.3 is 0 Å². The van der Waals surface area contributed by atoms with Gasteiger partial charge in [-0.05, 0) is 37.5 Å². The van der Waals surface area contributed by atoms with Crippen LogP contribution < -0.4 is 0 Å². The standard InChI is InChI=1S/C15H18FNO2/c1-11(18)9-14-3-2-8-17(14)15(19)10-12-4-6-13(16)7-5-12/h4-7,14H,2-3,8-10H2,1H3. The highest BCUT2D eigenvalue weighted by atomic mass is 19.1. The maximum absolute atomic E-state index is 12.8. The summed E-state index contributed by atoms with van der Waals surface area (Å²) in [4.78, 5) is 25.2. The van der Waals surface area contributed by atoms with Crippen molar-refractivity contribution in [2.24, 2.45) is 0 Å². The first-order valence-electron chi connectivity index (χ1n) is 6.59. The van der Waals surface area contributed by atoms with E-state index >= 15 is 0 Å². The monoisotopic (exact) mass is 263 g/mol. The number of benzene rings is 1. The molecule has 1 unspecified atom stereocenters. The number of hydrogen-bond donors (Lipinski definition) is 0. The average molecular weight is 263 g/mol. The summed E-state index contributed by atoms with van der Waals surface area (Å²) in [5, 5.41) is 0. The summed E-state index contributed by atoms with van der Waals surface area (Å²) >= 11 is 0. The molecule has 3 nitrogen and oxygen atoms in total. The Labute approximate surface area is 112 Å². The molecule has 1 amide bonds. The molecule has 1 saturated heterocycles. The van der Waals surface area contributed by atoms with E-state index in [1.807, 2.05) is 0 Å². The van der Waals surface area contributed by atoms with E-state index in [1.165, 1.54) is 12.1 Å². The Bertz CT molecular complexity index is 470. The molecular weight excluding hydrogens is 245 g/mol. The molecule has 2 rings (SSSR count). The molecule has 1 fully saturated rings. The molecule has 0 spiro atoms. The molecule has 1 aromatic rings. The van der Waals surface area contributed by atoms with Crippen LogP contribution in [0, 0.1) is 5.82 Å². The van der Waals surface area contributed by atoms with E-state index in [2.05, 4.69) is 0 Å². The quantitative estimate of drug-likeness (QED) is 0.836. The molecule has 0 aromatic heterocycles. The first-order valence-corrected chi connectivity index (χ1v) is 6.59. The summed E-state index contributed by atoms with van der Waals surface area (Å²) in [6, 6.07) is 6.02. The Morgan fingerprint density at radius 3 is 2.63 bits per heavy atom. The van der Waals surface area contributed by atoms with Gasteiger partial charge in [0.2, 0.25) is 5.91 Å². The predicted octanol–water partition coefficient (Wildman–Crippen LogP) is 2.34. The molecule has 0 N–H and O–H groups in total. The van der Waals surface area contributed by atoms with Crippen LogP contribution in [0.25, 0.3) is 0 Å². The Morgan fingerprint density at radius 1 is 1.32 bits per heavy atom. The summed E-state index contributed by atoms with van der Waals surface area (Å²) in [6.45, 7) is 2.28. The highest BCUT2D eigenvalue weighted by Gasteiger charge is 2.29. The van der Waals surface area contributed by atoms with Gasteiger partial charge in [0.05, 0.1) is 6.42 Å². The fourth-order valence-corrected chi connectivity index (χ4v) is 2.59. The van der Waals surface area contributed by atoms with Gasteiger partial charge in [-0.2, -0.15) is 0 Å². The molecule has 1 atom stereocenters. The van der Waals surface area contributed by atoms with E-state index in [0.29, 0.717) is 6.42 Å². The van der Waals surface area contributed by atoms with Gasteiger partial charge in [-0.1, -0.05) is 12.1 Å². The van der Waals surface area contributed by atoms with Crippen molar-refractivity contribution in [3.63, 3.8) is 0 Å². The molecule has 1 heterocycles. The minimum atomic E-state index is -0.299. The third-order valence-corrected chi connectivity index (χ3v) is 3.49. The van der Waals surface area contributed by atoms with Crippen molar-refractivity contribution in [1.29, 1.82) is 0 Å². The van der Waals surface area contributed by atoms with Crippen LogP contribution in [-0.2, 0) is 16.0 Å². The third kappa shape index (κ3) is 3.63. The number of amides is 1. The van der Waals surface area contributed by atoms with Crippen LogP contribution in [0.5, 0.6) is 0 Å². The predicted molar refractivity (Wildman–Crippen MR) is 70.1 cm³/mol. The molecule has 4 heteroatoms. The topological polar surface area (TPSA) is 37.4 Å². The van der Waals surface area contributed by atoms with Crippen molar-refractivity contribution in [2.45, 2.75) is 38.6 Å². The molecule has 102 valence electrons. The SMILES string of the molecule is CC(=O)CC1CCCN1C(=O)Cc1ccc(F)cc1. The molecular formula is C15H18FNO2. The second-order valence-corrected chi connectivity index (χ2v) is 5.09. The number of rotatable bonds is 4. The summed E-state index contributed by atoms with van der Waals surface area (Å²) in [7, 11) is 0. The molecule has 0 aliphatic carbocycles. The van der Waals surface area contributed by atoms with Gasteiger partial charge in [-0.15, -0.1) is 0 Å². The zero-order valence-electron chi connectivity index (χ0n) is 11.1. The van der Waals surface area contributed by atoms with Crippen molar-refractivity contribution >= 4 is 11.7 Å². The van der Waals surface area contributed by atoms with Gasteiger partial charge < -0.3 is 4.90 Å².